The monoisotopic (exact) mass is 131 g/mol. The summed E-state index contributed by atoms with van der Waals surface area (Å²) >= 11 is 0. The van der Waals surface area contributed by atoms with Gasteiger partial charge in [0.2, 0.25) is 6.08 Å². The molecule has 0 fully saturated rings. The second-order valence-electron chi connectivity index (χ2n) is 1.98. The first-order valence-corrected chi connectivity index (χ1v) is 2.29. The maximum Gasteiger partial charge on any atom is 0.293 e. The Labute approximate surface area is 51.6 Å². The summed E-state index contributed by atoms with van der Waals surface area (Å²) in [6.07, 6.45) is 0.959. The topological polar surface area (TPSA) is 46.5 Å². The summed E-state index contributed by atoms with van der Waals surface area (Å²) in [5.74, 6) is -1.10. The van der Waals surface area contributed by atoms with Crippen molar-refractivity contribution < 1.29 is 14.0 Å². The summed E-state index contributed by atoms with van der Waals surface area (Å²) in [5, 5.41) is 0. The van der Waals surface area contributed by atoms with Crippen LogP contribution >= 0.6 is 0 Å². The Balaban J connectivity index is 4.22. The first kappa shape index (κ1) is 7.98. The molecule has 0 aliphatic heterocycles. The molecule has 9 heavy (non-hydrogen) atoms. The van der Waals surface area contributed by atoms with Gasteiger partial charge in [0.05, 0.1) is 0 Å². The summed E-state index contributed by atoms with van der Waals surface area (Å²) < 4.78 is 12.3. The molecule has 0 saturated carbocycles. The minimum atomic E-state index is -2.06. The number of isocyanates is 1. The Morgan fingerprint density at radius 1 is 1.67 bits per heavy atom. The molecule has 50 valence electrons. The van der Waals surface area contributed by atoms with Crippen molar-refractivity contribution >= 4 is 12.0 Å². The number of amides is 1. The van der Waals surface area contributed by atoms with Gasteiger partial charge in [-0.3, -0.25) is 4.79 Å². The third-order valence-electron chi connectivity index (χ3n) is 0.656. The molecular weight excluding hydrogens is 125 g/mol. The van der Waals surface area contributed by atoms with Gasteiger partial charge in [-0.05, 0) is 13.8 Å². The van der Waals surface area contributed by atoms with Crippen molar-refractivity contribution in [1.29, 1.82) is 0 Å². The molecule has 0 aliphatic carbocycles. The number of carbonyl (C=O) groups is 1. The second-order valence-corrected chi connectivity index (χ2v) is 1.98. The summed E-state index contributed by atoms with van der Waals surface area (Å²) in [7, 11) is 0. The Hall–Kier alpha value is -1.02. The van der Waals surface area contributed by atoms with Gasteiger partial charge in [0.25, 0.3) is 5.91 Å². The predicted octanol–water partition coefficient (Wildman–Crippen LogP) is 0.597. The third-order valence-corrected chi connectivity index (χ3v) is 0.656. The van der Waals surface area contributed by atoms with Gasteiger partial charge in [-0.25, -0.2) is 9.18 Å². The Bertz CT molecular complexity index is 164. The minimum absolute atomic E-state index is 0.959. The largest absolute Gasteiger partial charge is 0.293 e. The number of rotatable bonds is 1. The smallest absolute Gasteiger partial charge is 0.268 e. The highest BCUT2D eigenvalue weighted by Gasteiger charge is 2.25. The quantitative estimate of drug-likeness (QED) is 0.386. The van der Waals surface area contributed by atoms with Gasteiger partial charge in [0.15, 0.2) is 5.67 Å². The van der Waals surface area contributed by atoms with E-state index in [1.54, 1.807) is 0 Å². The predicted molar refractivity (Wildman–Crippen MR) is 28.3 cm³/mol. The molecule has 0 saturated heterocycles. The van der Waals surface area contributed by atoms with E-state index >= 15 is 0 Å². The molecule has 0 heterocycles. The van der Waals surface area contributed by atoms with E-state index in [1.165, 1.54) is 0 Å². The van der Waals surface area contributed by atoms with Crippen LogP contribution in [0.25, 0.3) is 0 Å². The van der Waals surface area contributed by atoms with E-state index in [-0.39, 0.29) is 0 Å². The number of hydrogen-bond donors (Lipinski definition) is 0. The molecule has 0 rings (SSSR count). The van der Waals surface area contributed by atoms with E-state index < -0.39 is 11.6 Å². The lowest BCUT2D eigenvalue weighted by Crippen LogP contribution is -2.23. The maximum atomic E-state index is 12.3. The number of alkyl halides is 1. The second kappa shape index (κ2) is 2.51. The van der Waals surface area contributed by atoms with Gasteiger partial charge in [0, 0.05) is 0 Å². The fourth-order valence-electron chi connectivity index (χ4n) is 0.174. The van der Waals surface area contributed by atoms with Gasteiger partial charge in [0.1, 0.15) is 0 Å². The van der Waals surface area contributed by atoms with E-state index in [0.29, 0.717) is 0 Å². The van der Waals surface area contributed by atoms with Crippen LogP contribution in [0.15, 0.2) is 4.99 Å². The molecule has 0 aromatic rings. The highest BCUT2D eigenvalue weighted by atomic mass is 19.1. The standard InChI is InChI=1S/C5H6FNO2/c1-5(2,6)4(9)7-3-8/h1-2H3. The molecular formula is C5H6FNO2. The van der Waals surface area contributed by atoms with Crippen LogP contribution in [0.1, 0.15) is 13.8 Å². The Kier molecular flexibility index (Phi) is 2.22. The summed E-state index contributed by atoms with van der Waals surface area (Å²) in [4.78, 5) is 22.2. The van der Waals surface area contributed by atoms with Gasteiger partial charge >= 0.3 is 0 Å². The van der Waals surface area contributed by atoms with Gasteiger partial charge in [-0.1, -0.05) is 0 Å². The van der Waals surface area contributed by atoms with Crippen LogP contribution in [-0.4, -0.2) is 17.7 Å². The number of nitrogens with zero attached hydrogens (tertiary/aromatic N) is 1. The van der Waals surface area contributed by atoms with Crippen LogP contribution in [0.5, 0.6) is 0 Å². The van der Waals surface area contributed by atoms with Crippen LogP contribution in [0.2, 0.25) is 0 Å². The lowest BCUT2D eigenvalue weighted by atomic mass is 10.2. The molecule has 0 atom stereocenters. The molecule has 1 amide bonds. The maximum absolute atomic E-state index is 12.3. The zero-order valence-electron chi connectivity index (χ0n) is 5.14. The molecule has 0 aliphatic rings. The van der Waals surface area contributed by atoms with Crippen molar-refractivity contribution in [2.75, 3.05) is 0 Å². The van der Waals surface area contributed by atoms with Crippen LogP contribution < -0.4 is 0 Å². The van der Waals surface area contributed by atoms with Crippen molar-refractivity contribution in [1.82, 2.24) is 0 Å². The molecule has 4 heteroatoms. The zero-order chi connectivity index (χ0) is 7.49. The van der Waals surface area contributed by atoms with E-state index in [9.17, 15) is 14.0 Å². The third kappa shape index (κ3) is 2.72. The van der Waals surface area contributed by atoms with Crippen molar-refractivity contribution in [3.8, 4) is 0 Å². The van der Waals surface area contributed by atoms with Crippen molar-refractivity contribution in [3.05, 3.63) is 0 Å². The fourth-order valence-corrected chi connectivity index (χ4v) is 0.174. The summed E-state index contributed by atoms with van der Waals surface area (Å²) in [5.41, 5.74) is -2.06. The Morgan fingerprint density at radius 2 is 2.11 bits per heavy atom. The number of halogens is 1. The fraction of sp³-hybridized carbons (Fsp3) is 0.600. The van der Waals surface area contributed by atoms with Gasteiger partial charge in [-0.15, -0.1) is 4.99 Å². The van der Waals surface area contributed by atoms with Crippen molar-refractivity contribution in [2.45, 2.75) is 19.5 Å². The lowest BCUT2D eigenvalue weighted by Gasteiger charge is -2.04. The average Bonchev–Trinajstić information content (AvgIpc) is 1.64. The average molecular weight is 131 g/mol. The first-order chi connectivity index (χ1) is 3.98. The van der Waals surface area contributed by atoms with Crippen LogP contribution in [0.4, 0.5) is 4.39 Å². The van der Waals surface area contributed by atoms with E-state index in [1.807, 2.05) is 0 Å². The highest BCUT2D eigenvalue weighted by molar-refractivity contribution is 5.88. The molecule has 0 unspecified atom stereocenters. The first-order valence-electron chi connectivity index (χ1n) is 2.29. The number of hydrogen-bond acceptors (Lipinski definition) is 2. The van der Waals surface area contributed by atoms with Gasteiger partial charge in [-0.2, -0.15) is 0 Å². The highest BCUT2D eigenvalue weighted by Crippen LogP contribution is 2.08. The van der Waals surface area contributed by atoms with Crippen molar-refractivity contribution in [3.63, 3.8) is 0 Å². The molecule has 3 nitrogen and oxygen atoms in total. The molecule has 0 N–H and O–H groups in total. The zero-order valence-corrected chi connectivity index (χ0v) is 5.14. The molecule has 0 aromatic heterocycles. The molecule has 0 spiro atoms. The molecule has 0 aromatic carbocycles. The van der Waals surface area contributed by atoms with Crippen LogP contribution in [0, 0.1) is 0 Å². The van der Waals surface area contributed by atoms with Gasteiger partial charge < -0.3 is 0 Å². The summed E-state index contributed by atoms with van der Waals surface area (Å²) in [6.45, 7) is 2.05. The van der Waals surface area contributed by atoms with E-state index in [2.05, 4.69) is 4.99 Å². The summed E-state index contributed by atoms with van der Waals surface area (Å²) in [6, 6.07) is 0. The molecule has 0 radical (unpaired) electrons. The Morgan fingerprint density at radius 3 is 2.22 bits per heavy atom. The minimum Gasteiger partial charge on any atom is -0.268 e. The molecule has 0 bridgehead atoms. The van der Waals surface area contributed by atoms with Crippen molar-refractivity contribution in [2.24, 2.45) is 4.99 Å². The van der Waals surface area contributed by atoms with Crippen LogP contribution in [0.3, 0.4) is 0 Å². The lowest BCUT2D eigenvalue weighted by molar-refractivity contribution is -0.127. The number of aliphatic imine (C=N–C) groups is 1. The SMILES string of the molecule is CC(C)(F)C(=O)N=C=O. The number of carbonyl (C=O) groups excluding carboxylic acids is 2. The van der Waals surface area contributed by atoms with E-state index in [0.717, 1.165) is 19.9 Å². The normalized spacial score (nSPS) is 10.1. The van der Waals surface area contributed by atoms with Crippen LogP contribution in [-0.2, 0) is 9.59 Å². The van der Waals surface area contributed by atoms with E-state index in [4.69, 9.17) is 0 Å².